The molecule has 1 unspecified atom stereocenters. The van der Waals surface area contributed by atoms with Crippen molar-refractivity contribution in [2.75, 3.05) is 26.2 Å². The summed E-state index contributed by atoms with van der Waals surface area (Å²) in [7, 11) is 0. The second-order valence-corrected chi connectivity index (χ2v) is 3.21. The summed E-state index contributed by atoms with van der Waals surface area (Å²) in [6.45, 7) is 4.84. The molecule has 0 aliphatic carbocycles. The zero-order valence-corrected chi connectivity index (χ0v) is 7.46. The van der Waals surface area contributed by atoms with Crippen LogP contribution in [-0.4, -0.2) is 36.2 Å². The van der Waals surface area contributed by atoms with Crippen LogP contribution in [0.2, 0.25) is 0 Å². The van der Waals surface area contributed by atoms with Crippen LogP contribution in [0.5, 0.6) is 0 Å². The van der Waals surface area contributed by atoms with Crippen molar-refractivity contribution in [2.24, 2.45) is 5.92 Å². The van der Waals surface area contributed by atoms with E-state index in [0.717, 1.165) is 31.6 Å². The lowest BCUT2D eigenvalue weighted by molar-refractivity contribution is 0.159. The number of nitrogens with zero attached hydrogens (tertiary/aromatic N) is 1. The summed E-state index contributed by atoms with van der Waals surface area (Å²) >= 11 is 0. The fourth-order valence-electron chi connectivity index (χ4n) is 1.62. The van der Waals surface area contributed by atoms with Gasteiger partial charge in [-0.3, -0.25) is 0 Å². The molecule has 0 aromatic carbocycles. The summed E-state index contributed by atoms with van der Waals surface area (Å²) in [6.07, 6.45) is 1.42. The van der Waals surface area contributed by atoms with Crippen molar-refractivity contribution in [1.82, 2.24) is 4.90 Å². The van der Waals surface area contributed by atoms with Crippen LogP contribution in [0.1, 0.15) is 13.3 Å². The zero-order valence-electron chi connectivity index (χ0n) is 7.46. The van der Waals surface area contributed by atoms with E-state index in [1.165, 1.54) is 0 Å². The Kier molecular flexibility index (Phi) is 3.69. The SMILES string of the molecule is CCN1CC/C(=C\F)C(CO)C1. The van der Waals surface area contributed by atoms with Gasteiger partial charge in [-0.2, -0.15) is 0 Å². The Hall–Kier alpha value is -0.410. The van der Waals surface area contributed by atoms with Crippen molar-refractivity contribution in [3.8, 4) is 0 Å². The minimum atomic E-state index is 0.0173. The van der Waals surface area contributed by atoms with Gasteiger partial charge in [0.25, 0.3) is 0 Å². The normalized spacial score (nSPS) is 29.6. The minimum absolute atomic E-state index is 0.0173. The maximum Gasteiger partial charge on any atom is 0.0863 e. The van der Waals surface area contributed by atoms with Crippen LogP contribution in [-0.2, 0) is 0 Å². The Morgan fingerprint density at radius 2 is 2.50 bits per heavy atom. The summed E-state index contributed by atoms with van der Waals surface area (Å²) in [6, 6.07) is 0. The molecule has 0 amide bonds. The van der Waals surface area contributed by atoms with E-state index in [0.29, 0.717) is 6.33 Å². The lowest BCUT2D eigenvalue weighted by atomic mass is 9.93. The highest BCUT2D eigenvalue weighted by Gasteiger charge is 2.22. The number of halogens is 1. The van der Waals surface area contributed by atoms with Crippen molar-refractivity contribution in [1.29, 1.82) is 0 Å². The van der Waals surface area contributed by atoms with Crippen LogP contribution in [0.4, 0.5) is 4.39 Å². The molecule has 0 aromatic heterocycles. The van der Waals surface area contributed by atoms with Crippen molar-refractivity contribution >= 4 is 0 Å². The molecule has 1 fully saturated rings. The predicted molar refractivity (Wildman–Crippen MR) is 46.5 cm³/mol. The molecule has 0 saturated carbocycles. The Morgan fingerprint density at radius 3 is 3.00 bits per heavy atom. The fourth-order valence-corrected chi connectivity index (χ4v) is 1.62. The summed E-state index contributed by atoms with van der Waals surface area (Å²) in [4.78, 5) is 2.23. The predicted octanol–water partition coefficient (Wildman–Crippen LogP) is 1.17. The molecule has 1 aliphatic rings. The molecular weight excluding hydrogens is 157 g/mol. The van der Waals surface area contributed by atoms with Crippen molar-refractivity contribution in [3.05, 3.63) is 11.9 Å². The molecule has 70 valence electrons. The monoisotopic (exact) mass is 173 g/mol. The van der Waals surface area contributed by atoms with Crippen LogP contribution in [0, 0.1) is 5.92 Å². The third kappa shape index (κ3) is 2.05. The molecule has 1 N–H and O–H groups in total. The van der Waals surface area contributed by atoms with Crippen LogP contribution < -0.4 is 0 Å². The molecule has 1 atom stereocenters. The molecule has 1 saturated heterocycles. The van der Waals surface area contributed by atoms with Crippen LogP contribution in [0.25, 0.3) is 0 Å². The van der Waals surface area contributed by atoms with Gasteiger partial charge in [0.15, 0.2) is 0 Å². The van der Waals surface area contributed by atoms with Crippen LogP contribution >= 0.6 is 0 Å². The number of rotatable bonds is 2. The number of piperidine rings is 1. The highest BCUT2D eigenvalue weighted by molar-refractivity contribution is 5.07. The second-order valence-electron chi connectivity index (χ2n) is 3.21. The van der Waals surface area contributed by atoms with E-state index in [9.17, 15) is 4.39 Å². The van der Waals surface area contributed by atoms with Gasteiger partial charge >= 0.3 is 0 Å². The molecule has 2 nitrogen and oxygen atoms in total. The number of hydrogen-bond acceptors (Lipinski definition) is 2. The lowest BCUT2D eigenvalue weighted by Gasteiger charge is -2.32. The van der Waals surface area contributed by atoms with Gasteiger partial charge < -0.3 is 10.0 Å². The van der Waals surface area contributed by atoms with Crippen molar-refractivity contribution in [3.63, 3.8) is 0 Å². The van der Waals surface area contributed by atoms with Crippen molar-refractivity contribution < 1.29 is 9.50 Å². The standard InChI is InChI=1S/C9H16FNO/c1-2-11-4-3-8(5-10)9(6-11)7-12/h5,9,12H,2-4,6-7H2,1H3/b8-5+. The van der Waals surface area contributed by atoms with Gasteiger partial charge in [0.2, 0.25) is 0 Å². The van der Waals surface area contributed by atoms with E-state index in [-0.39, 0.29) is 12.5 Å². The number of aliphatic hydroxyl groups excluding tert-OH is 1. The summed E-state index contributed by atoms with van der Waals surface area (Å²) < 4.78 is 12.3. The second kappa shape index (κ2) is 4.58. The van der Waals surface area contributed by atoms with Crippen LogP contribution in [0.15, 0.2) is 11.9 Å². The quantitative estimate of drug-likeness (QED) is 0.677. The molecule has 0 aromatic rings. The maximum atomic E-state index is 12.3. The Morgan fingerprint density at radius 1 is 1.75 bits per heavy atom. The van der Waals surface area contributed by atoms with E-state index >= 15 is 0 Å². The third-order valence-electron chi connectivity index (χ3n) is 2.53. The summed E-state index contributed by atoms with van der Waals surface area (Å²) in [5, 5.41) is 8.97. The average Bonchev–Trinajstić information content (AvgIpc) is 2.16. The van der Waals surface area contributed by atoms with Gasteiger partial charge in [0.05, 0.1) is 12.9 Å². The molecule has 0 bridgehead atoms. The first kappa shape index (κ1) is 9.68. The Labute approximate surface area is 72.7 Å². The molecule has 12 heavy (non-hydrogen) atoms. The molecule has 0 spiro atoms. The minimum Gasteiger partial charge on any atom is -0.396 e. The molecule has 1 rings (SSSR count). The van der Waals surface area contributed by atoms with Gasteiger partial charge in [-0.05, 0) is 18.5 Å². The first-order valence-electron chi connectivity index (χ1n) is 4.44. The van der Waals surface area contributed by atoms with Gasteiger partial charge in [-0.25, -0.2) is 4.39 Å². The van der Waals surface area contributed by atoms with Gasteiger partial charge in [0, 0.05) is 19.0 Å². The van der Waals surface area contributed by atoms with Gasteiger partial charge in [0.1, 0.15) is 0 Å². The first-order chi connectivity index (χ1) is 5.81. The fraction of sp³-hybridized carbons (Fsp3) is 0.778. The largest absolute Gasteiger partial charge is 0.396 e. The smallest absolute Gasteiger partial charge is 0.0863 e. The van der Waals surface area contributed by atoms with E-state index in [4.69, 9.17) is 5.11 Å². The topological polar surface area (TPSA) is 23.5 Å². The maximum absolute atomic E-state index is 12.3. The highest BCUT2D eigenvalue weighted by atomic mass is 19.1. The number of likely N-dealkylation sites (tertiary alicyclic amines) is 1. The molecular formula is C9H16FNO. The highest BCUT2D eigenvalue weighted by Crippen LogP contribution is 2.22. The van der Waals surface area contributed by atoms with E-state index in [1.807, 2.05) is 0 Å². The lowest BCUT2D eigenvalue weighted by Crippen LogP contribution is -2.37. The molecule has 1 aliphatic heterocycles. The first-order valence-corrected chi connectivity index (χ1v) is 4.44. The third-order valence-corrected chi connectivity index (χ3v) is 2.53. The van der Waals surface area contributed by atoms with Crippen molar-refractivity contribution in [2.45, 2.75) is 13.3 Å². The molecule has 1 heterocycles. The van der Waals surface area contributed by atoms with E-state index in [2.05, 4.69) is 11.8 Å². The van der Waals surface area contributed by atoms with E-state index < -0.39 is 0 Å². The summed E-state index contributed by atoms with van der Waals surface area (Å²) in [5.74, 6) is 0.0173. The molecule has 3 heteroatoms. The van der Waals surface area contributed by atoms with Crippen LogP contribution in [0.3, 0.4) is 0 Å². The van der Waals surface area contributed by atoms with Gasteiger partial charge in [-0.1, -0.05) is 6.92 Å². The number of aliphatic hydroxyl groups is 1. The molecule has 0 radical (unpaired) electrons. The number of hydrogen-bond donors (Lipinski definition) is 1. The Bertz CT molecular complexity index is 170. The van der Waals surface area contributed by atoms with E-state index in [1.54, 1.807) is 0 Å². The zero-order chi connectivity index (χ0) is 8.97. The Balaban J connectivity index is 2.53. The average molecular weight is 173 g/mol. The summed E-state index contributed by atoms with van der Waals surface area (Å²) in [5.41, 5.74) is 0.766. The van der Waals surface area contributed by atoms with Gasteiger partial charge in [-0.15, -0.1) is 0 Å².